The van der Waals surface area contributed by atoms with Crippen molar-refractivity contribution < 1.29 is 4.74 Å². The molecule has 1 aliphatic rings. The number of aromatic nitrogens is 2. The predicted octanol–water partition coefficient (Wildman–Crippen LogP) is 2.71. The summed E-state index contributed by atoms with van der Waals surface area (Å²) in [6, 6.07) is 8.24. The average molecular weight is 286 g/mol. The van der Waals surface area contributed by atoms with Gasteiger partial charge in [-0.25, -0.2) is 9.97 Å². The number of para-hydroxylation sites is 2. The summed E-state index contributed by atoms with van der Waals surface area (Å²) in [4.78, 5) is 9.24. The molecule has 0 radical (unpaired) electrons. The van der Waals surface area contributed by atoms with Crippen LogP contribution in [0.4, 0.5) is 5.82 Å². The van der Waals surface area contributed by atoms with Gasteiger partial charge in [0.2, 0.25) is 0 Å². The highest BCUT2D eigenvalue weighted by Gasteiger charge is 2.23. The Bertz CT molecular complexity index is 616. The van der Waals surface area contributed by atoms with E-state index in [2.05, 4.69) is 15.3 Å². The molecule has 5 nitrogen and oxygen atoms in total. The highest BCUT2D eigenvalue weighted by Crippen LogP contribution is 2.27. The lowest BCUT2D eigenvalue weighted by Gasteiger charge is -2.30. The first-order valence-corrected chi connectivity index (χ1v) is 7.69. The van der Waals surface area contributed by atoms with Crippen molar-refractivity contribution in [3.05, 3.63) is 24.3 Å². The molecule has 21 heavy (non-hydrogen) atoms. The Kier molecular flexibility index (Phi) is 4.20. The summed E-state index contributed by atoms with van der Waals surface area (Å²) >= 11 is 0. The van der Waals surface area contributed by atoms with E-state index in [1.54, 1.807) is 0 Å². The minimum absolute atomic E-state index is 0.168. The molecule has 0 bridgehead atoms. The molecular formula is C16H22N4O. The smallest absolute Gasteiger partial charge is 0.258 e. The van der Waals surface area contributed by atoms with Crippen LogP contribution in [0.1, 0.15) is 32.6 Å². The Morgan fingerprint density at radius 2 is 1.90 bits per heavy atom. The highest BCUT2D eigenvalue weighted by atomic mass is 16.5. The molecule has 2 atom stereocenters. The van der Waals surface area contributed by atoms with Gasteiger partial charge in [0.05, 0.1) is 17.6 Å². The molecule has 1 heterocycles. The molecule has 1 saturated carbocycles. The molecule has 1 aliphatic carbocycles. The van der Waals surface area contributed by atoms with Crippen LogP contribution in [0.3, 0.4) is 0 Å². The molecule has 1 fully saturated rings. The molecule has 3 rings (SSSR count). The third-order valence-electron chi connectivity index (χ3n) is 3.96. The lowest BCUT2D eigenvalue weighted by molar-refractivity contribution is 0.326. The minimum Gasteiger partial charge on any atom is -0.475 e. The van der Waals surface area contributed by atoms with E-state index in [0.29, 0.717) is 18.3 Å². The van der Waals surface area contributed by atoms with Crippen LogP contribution in [0.2, 0.25) is 0 Å². The molecule has 5 heteroatoms. The van der Waals surface area contributed by atoms with E-state index in [1.165, 1.54) is 12.8 Å². The molecule has 1 aromatic heterocycles. The minimum atomic E-state index is 0.168. The van der Waals surface area contributed by atoms with Crippen molar-refractivity contribution >= 4 is 16.9 Å². The number of nitrogens with one attached hydrogen (secondary N) is 1. The van der Waals surface area contributed by atoms with Gasteiger partial charge >= 0.3 is 0 Å². The summed E-state index contributed by atoms with van der Waals surface area (Å²) in [5.74, 6) is 1.27. The third kappa shape index (κ3) is 3.08. The van der Waals surface area contributed by atoms with Crippen LogP contribution in [0.15, 0.2) is 24.3 Å². The summed E-state index contributed by atoms with van der Waals surface area (Å²) in [5, 5.41) is 3.45. The monoisotopic (exact) mass is 286 g/mol. The zero-order valence-corrected chi connectivity index (χ0v) is 12.4. The first kappa shape index (κ1) is 14.1. The van der Waals surface area contributed by atoms with Gasteiger partial charge in [-0.1, -0.05) is 25.0 Å². The highest BCUT2D eigenvalue weighted by molar-refractivity contribution is 5.77. The van der Waals surface area contributed by atoms with Crippen molar-refractivity contribution in [3.63, 3.8) is 0 Å². The Labute approximate surface area is 124 Å². The summed E-state index contributed by atoms with van der Waals surface area (Å²) < 4.78 is 5.64. The second-order valence-corrected chi connectivity index (χ2v) is 5.50. The largest absolute Gasteiger partial charge is 0.475 e. The van der Waals surface area contributed by atoms with E-state index < -0.39 is 0 Å². The van der Waals surface area contributed by atoms with Crippen molar-refractivity contribution in [2.24, 2.45) is 5.73 Å². The van der Waals surface area contributed by atoms with Gasteiger partial charge in [0, 0.05) is 12.1 Å². The maximum Gasteiger partial charge on any atom is 0.258 e. The van der Waals surface area contributed by atoms with Gasteiger partial charge in [-0.2, -0.15) is 0 Å². The number of nitrogens with two attached hydrogens (primary N) is 1. The Morgan fingerprint density at radius 3 is 2.62 bits per heavy atom. The number of fused-ring (bicyclic) bond motifs is 1. The standard InChI is InChI=1S/C16H22N4O/c1-2-21-16-15(18-12-8-4-3-7-11(12)17)19-13-9-5-6-10-14(13)20-16/h5-6,9-12H,2-4,7-8,17H2,1H3,(H,18,19)/t11-,12+/m0/s1. The average Bonchev–Trinajstić information content (AvgIpc) is 2.50. The van der Waals surface area contributed by atoms with E-state index in [9.17, 15) is 0 Å². The predicted molar refractivity (Wildman–Crippen MR) is 84.6 cm³/mol. The maximum absolute atomic E-state index is 6.21. The molecule has 3 N–H and O–H groups in total. The lowest BCUT2D eigenvalue weighted by atomic mass is 9.91. The van der Waals surface area contributed by atoms with Gasteiger partial charge in [0.1, 0.15) is 0 Å². The van der Waals surface area contributed by atoms with E-state index in [1.807, 2.05) is 31.2 Å². The Hall–Kier alpha value is -1.88. The number of anilines is 1. The lowest BCUT2D eigenvalue weighted by Crippen LogP contribution is -2.42. The zero-order valence-electron chi connectivity index (χ0n) is 12.4. The number of hydrogen-bond donors (Lipinski definition) is 2. The van der Waals surface area contributed by atoms with E-state index >= 15 is 0 Å². The SMILES string of the molecule is CCOc1nc2ccccc2nc1N[C@@H]1CCCC[C@@H]1N. The summed E-state index contributed by atoms with van der Waals surface area (Å²) in [7, 11) is 0. The second-order valence-electron chi connectivity index (χ2n) is 5.50. The zero-order chi connectivity index (χ0) is 14.7. The molecule has 0 aliphatic heterocycles. The third-order valence-corrected chi connectivity index (χ3v) is 3.96. The number of ether oxygens (including phenoxy) is 1. The molecule has 0 amide bonds. The van der Waals surface area contributed by atoms with Crippen LogP contribution >= 0.6 is 0 Å². The maximum atomic E-state index is 6.21. The fraction of sp³-hybridized carbons (Fsp3) is 0.500. The van der Waals surface area contributed by atoms with Crippen LogP contribution < -0.4 is 15.8 Å². The number of hydrogen-bond acceptors (Lipinski definition) is 5. The van der Waals surface area contributed by atoms with Crippen molar-refractivity contribution in [1.82, 2.24) is 9.97 Å². The van der Waals surface area contributed by atoms with E-state index in [0.717, 1.165) is 23.9 Å². The van der Waals surface area contributed by atoms with Gasteiger partial charge in [-0.15, -0.1) is 0 Å². The van der Waals surface area contributed by atoms with Crippen molar-refractivity contribution in [3.8, 4) is 5.88 Å². The molecular weight excluding hydrogens is 264 g/mol. The summed E-state index contributed by atoms with van der Waals surface area (Å²) in [6.45, 7) is 2.52. The molecule has 0 saturated heterocycles. The van der Waals surface area contributed by atoms with Crippen molar-refractivity contribution in [1.29, 1.82) is 0 Å². The molecule has 0 unspecified atom stereocenters. The second kappa shape index (κ2) is 6.26. The van der Waals surface area contributed by atoms with Crippen molar-refractivity contribution in [2.45, 2.75) is 44.7 Å². The first-order chi connectivity index (χ1) is 10.3. The van der Waals surface area contributed by atoms with Crippen LogP contribution in [0.25, 0.3) is 11.0 Å². The quantitative estimate of drug-likeness (QED) is 0.904. The van der Waals surface area contributed by atoms with Crippen LogP contribution in [0.5, 0.6) is 5.88 Å². The van der Waals surface area contributed by atoms with Gasteiger partial charge in [0.15, 0.2) is 5.82 Å². The Balaban J connectivity index is 1.92. The number of benzene rings is 1. The number of nitrogens with zero attached hydrogens (tertiary/aromatic N) is 2. The van der Waals surface area contributed by atoms with Gasteiger partial charge in [-0.3, -0.25) is 0 Å². The van der Waals surface area contributed by atoms with Crippen LogP contribution in [-0.2, 0) is 0 Å². The molecule has 1 aromatic carbocycles. The van der Waals surface area contributed by atoms with Crippen LogP contribution in [-0.4, -0.2) is 28.7 Å². The fourth-order valence-corrected chi connectivity index (χ4v) is 2.83. The summed E-state index contributed by atoms with van der Waals surface area (Å²) in [5.41, 5.74) is 7.93. The molecule has 0 spiro atoms. The topological polar surface area (TPSA) is 73.1 Å². The summed E-state index contributed by atoms with van der Waals surface area (Å²) in [6.07, 6.45) is 4.54. The van der Waals surface area contributed by atoms with Gasteiger partial charge in [0.25, 0.3) is 5.88 Å². The Morgan fingerprint density at radius 1 is 1.19 bits per heavy atom. The molecule has 2 aromatic rings. The fourth-order valence-electron chi connectivity index (χ4n) is 2.83. The number of rotatable bonds is 4. The first-order valence-electron chi connectivity index (χ1n) is 7.69. The van der Waals surface area contributed by atoms with E-state index in [-0.39, 0.29) is 12.1 Å². The van der Waals surface area contributed by atoms with Crippen molar-refractivity contribution in [2.75, 3.05) is 11.9 Å². The normalized spacial score (nSPS) is 22.2. The molecule has 112 valence electrons. The van der Waals surface area contributed by atoms with Gasteiger partial charge in [-0.05, 0) is 31.9 Å². The van der Waals surface area contributed by atoms with Crippen LogP contribution in [0, 0.1) is 0 Å². The van der Waals surface area contributed by atoms with E-state index in [4.69, 9.17) is 10.5 Å². The van der Waals surface area contributed by atoms with Gasteiger partial charge < -0.3 is 15.8 Å².